The second-order valence-electron chi connectivity index (χ2n) is 5.31. The molecule has 0 aliphatic heterocycles. The zero-order chi connectivity index (χ0) is 19.1. The number of halogens is 2. The first-order valence-electron chi connectivity index (χ1n) is 7.71. The van der Waals surface area contributed by atoms with Crippen molar-refractivity contribution in [1.29, 1.82) is 0 Å². The molecule has 0 saturated carbocycles. The van der Waals surface area contributed by atoms with Crippen LogP contribution in [0.4, 0.5) is 5.69 Å². The van der Waals surface area contributed by atoms with E-state index in [0.717, 1.165) is 11.3 Å². The number of carbonyl (C=O) groups is 1. The van der Waals surface area contributed by atoms with Crippen LogP contribution in [0, 0.1) is 6.92 Å². The molecule has 0 unspecified atom stereocenters. The van der Waals surface area contributed by atoms with Crippen LogP contribution in [0.5, 0.6) is 5.75 Å². The summed E-state index contributed by atoms with van der Waals surface area (Å²) in [6.07, 6.45) is 0. The van der Waals surface area contributed by atoms with Crippen LogP contribution in [0.2, 0.25) is 5.02 Å². The number of hydrogen-bond donors (Lipinski definition) is 2. The van der Waals surface area contributed by atoms with E-state index < -0.39 is 0 Å². The summed E-state index contributed by atoms with van der Waals surface area (Å²) >= 11 is 14.7. The number of anilines is 1. The summed E-state index contributed by atoms with van der Waals surface area (Å²) in [6.45, 7) is 2.78. The maximum absolute atomic E-state index is 12.4. The molecule has 2 aromatic carbocycles. The number of amides is 1. The smallest absolute Gasteiger partial charge is 0.257 e. The quantitative estimate of drug-likeness (QED) is 0.492. The Labute approximate surface area is 171 Å². The number of thiocarbonyl (C=S) groups is 1. The zero-order valence-corrected chi connectivity index (χ0v) is 17.4. The first kappa shape index (κ1) is 20.6. The molecule has 0 aliphatic carbocycles. The second kappa shape index (κ2) is 9.87. The maximum Gasteiger partial charge on any atom is 0.257 e. The van der Waals surface area contributed by atoms with Gasteiger partial charge in [0.1, 0.15) is 12.4 Å². The molecule has 2 N–H and O–H groups in total. The molecule has 138 valence electrons. The number of rotatable bonds is 6. The van der Waals surface area contributed by atoms with Gasteiger partial charge in [-0.2, -0.15) is 0 Å². The molecule has 2 rings (SSSR count). The van der Waals surface area contributed by atoms with E-state index in [2.05, 4.69) is 26.6 Å². The third kappa shape index (κ3) is 5.67. The van der Waals surface area contributed by atoms with Crippen molar-refractivity contribution in [2.75, 3.05) is 25.6 Å². The van der Waals surface area contributed by atoms with Crippen LogP contribution in [-0.2, 0) is 4.74 Å². The van der Waals surface area contributed by atoms with Gasteiger partial charge in [0.25, 0.3) is 5.91 Å². The monoisotopic (exact) mass is 456 g/mol. The molecule has 2 aromatic rings. The average molecular weight is 458 g/mol. The van der Waals surface area contributed by atoms with Gasteiger partial charge in [0.2, 0.25) is 0 Å². The Hall–Kier alpha value is -1.67. The van der Waals surface area contributed by atoms with Crippen LogP contribution in [-0.4, -0.2) is 31.3 Å². The fourth-order valence-corrected chi connectivity index (χ4v) is 2.94. The zero-order valence-electron chi connectivity index (χ0n) is 14.3. The van der Waals surface area contributed by atoms with Crippen molar-refractivity contribution in [3.63, 3.8) is 0 Å². The van der Waals surface area contributed by atoms with Gasteiger partial charge in [-0.25, -0.2) is 0 Å². The van der Waals surface area contributed by atoms with E-state index >= 15 is 0 Å². The minimum atomic E-state index is -0.327. The van der Waals surface area contributed by atoms with E-state index in [0.29, 0.717) is 34.0 Å². The van der Waals surface area contributed by atoms with E-state index in [1.165, 1.54) is 0 Å². The largest absolute Gasteiger partial charge is 0.490 e. The van der Waals surface area contributed by atoms with Crippen LogP contribution in [0.3, 0.4) is 0 Å². The summed E-state index contributed by atoms with van der Waals surface area (Å²) < 4.78 is 11.2. The number of nitrogens with one attached hydrogen (secondary N) is 2. The van der Waals surface area contributed by atoms with Crippen molar-refractivity contribution in [2.24, 2.45) is 0 Å². The number of hydrogen-bond acceptors (Lipinski definition) is 4. The third-order valence-corrected chi connectivity index (χ3v) is 4.72. The first-order valence-corrected chi connectivity index (χ1v) is 9.29. The summed E-state index contributed by atoms with van der Waals surface area (Å²) in [6, 6.07) is 10.5. The fourth-order valence-electron chi connectivity index (χ4n) is 2.07. The maximum atomic E-state index is 12.4. The van der Waals surface area contributed by atoms with E-state index in [-0.39, 0.29) is 11.0 Å². The van der Waals surface area contributed by atoms with Gasteiger partial charge in [-0.15, -0.1) is 0 Å². The molecule has 5 nitrogen and oxygen atoms in total. The molecular weight excluding hydrogens is 440 g/mol. The summed E-state index contributed by atoms with van der Waals surface area (Å²) in [5.74, 6) is 0.306. The Morgan fingerprint density at radius 2 is 2.04 bits per heavy atom. The summed E-state index contributed by atoms with van der Waals surface area (Å²) in [4.78, 5) is 12.4. The molecule has 26 heavy (non-hydrogen) atoms. The lowest BCUT2D eigenvalue weighted by molar-refractivity contribution is 0.0977. The molecule has 0 fully saturated rings. The lowest BCUT2D eigenvalue weighted by Gasteiger charge is -2.13. The van der Waals surface area contributed by atoms with Gasteiger partial charge < -0.3 is 14.8 Å². The molecule has 0 spiro atoms. The van der Waals surface area contributed by atoms with Gasteiger partial charge in [-0.05, 0) is 71.0 Å². The highest BCUT2D eigenvalue weighted by Crippen LogP contribution is 2.26. The molecule has 0 atom stereocenters. The molecule has 0 heterocycles. The Kier molecular flexibility index (Phi) is 7.84. The second-order valence-corrected chi connectivity index (χ2v) is 6.98. The topological polar surface area (TPSA) is 59.6 Å². The SMILES string of the molecule is COCCOc1ccc(C(=O)NC(=S)Nc2cccc(Cl)c2C)cc1Br. The number of methoxy groups -OCH3 is 1. The Balaban J connectivity index is 1.99. The van der Waals surface area contributed by atoms with Gasteiger partial charge in [0, 0.05) is 23.4 Å². The van der Waals surface area contributed by atoms with Crippen molar-refractivity contribution >= 4 is 56.5 Å². The molecule has 0 aliphatic rings. The van der Waals surface area contributed by atoms with Crippen molar-refractivity contribution in [2.45, 2.75) is 6.92 Å². The standard InChI is InChI=1S/C18H18BrClN2O3S/c1-11-14(20)4-3-5-15(11)21-18(26)22-17(23)12-6-7-16(13(19)10-12)25-9-8-24-2/h3-7,10H,8-9H2,1-2H3,(H2,21,22,23,26). The Bertz CT molecular complexity index is 817. The van der Waals surface area contributed by atoms with Gasteiger partial charge in [0.05, 0.1) is 11.1 Å². The normalized spacial score (nSPS) is 10.3. The van der Waals surface area contributed by atoms with Gasteiger partial charge >= 0.3 is 0 Å². The number of ether oxygens (including phenoxy) is 2. The van der Waals surface area contributed by atoms with E-state index in [1.807, 2.05) is 19.1 Å². The predicted molar refractivity (Wildman–Crippen MR) is 111 cm³/mol. The van der Waals surface area contributed by atoms with Crippen molar-refractivity contribution in [3.05, 3.63) is 57.0 Å². The molecular formula is C18H18BrClN2O3S. The number of carbonyl (C=O) groups excluding carboxylic acids is 1. The van der Waals surface area contributed by atoms with Crippen molar-refractivity contribution in [1.82, 2.24) is 5.32 Å². The van der Waals surface area contributed by atoms with E-state index in [1.54, 1.807) is 31.4 Å². The molecule has 1 amide bonds. The summed E-state index contributed by atoms with van der Waals surface area (Å²) in [7, 11) is 1.60. The Morgan fingerprint density at radius 3 is 2.73 bits per heavy atom. The van der Waals surface area contributed by atoms with Crippen LogP contribution in [0.25, 0.3) is 0 Å². The summed E-state index contributed by atoms with van der Waals surface area (Å²) in [5.41, 5.74) is 2.04. The Morgan fingerprint density at radius 1 is 1.27 bits per heavy atom. The molecule has 0 aromatic heterocycles. The molecule has 0 bridgehead atoms. The lowest BCUT2D eigenvalue weighted by Crippen LogP contribution is -2.34. The first-order chi connectivity index (χ1) is 12.4. The fraction of sp³-hybridized carbons (Fsp3) is 0.222. The highest BCUT2D eigenvalue weighted by atomic mass is 79.9. The van der Waals surface area contributed by atoms with Crippen LogP contribution in [0.15, 0.2) is 40.9 Å². The highest BCUT2D eigenvalue weighted by Gasteiger charge is 2.12. The molecule has 8 heteroatoms. The summed E-state index contributed by atoms with van der Waals surface area (Å²) in [5, 5.41) is 6.44. The average Bonchev–Trinajstić information content (AvgIpc) is 2.60. The van der Waals surface area contributed by atoms with Crippen LogP contribution >= 0.6 is 39.7 Å². The van der Waals surface area contributed by atoms with Gasteiger partial charge in [-0.1, -0.05) is 17.7 Å². The van der Waals surface area contributed by atoms with Crippen molar-refractivity contribution < 1.29 is 14.3 Å². The number of benzene rings is 2. The third-order valence-electron chi connectivity index (χ3n) is 3.48. The minimum absolute atomic E-state index is 0.192. The lowest BCUT2D eigenvalue weighted by atomic mass is 10.2. The predicted octanol–water partition coefficient (Wildman–Crippen LogP) is 4.56. The van der Waals surface area contributed by atoms with E-state index in [4.69, 9.17) is 33.3 Å². The van der Waals surface area contributed by atoms with Crippen LogP contribution < -0.4 is 15.4 Å². The van der Waals surface area contributed by atoms with Crippen molar-refractivity contribution in [3.8, 4) is 5.75 Å². The minimum Gasteiger partial charge on any atom is -0.490 e. The highest BCUT2D eigenvalue weighted by molar-refractivity contribution is 9.10. The van der Waals surface area contributed by atoms with Gasteiger partial charge in [0.15, 0.2) is 5.11 Å². The molecule has 0 saturated heterocycles. The van der Waals surface area contributed by atoms with Gasteiger partial charge in [-0.3, -0.25) is 10.1 Å². The molecule has 0 radical (unpaired) electrons. The van der Waals surface area contributed by atoms with E-state index in [9.17, 15) is 4.79 Å². The van der Waals surface area contributed by atoms with Crippen LogP contribution in [0.1, 0.15) is 15.9 Å².